The number of fused-ring (bicyclic) bond motifs is 1. The minimum atomic E-state index is -0.705. The summed E-state index contributed by atoms with van der Waals surface area (Å²) < 4.78 is 5.65. The zero-order valence-electron chi connectivity index (χ0n) is 12.1. The van der Waals surface area contributed by atoms with E-state index in [9.17, 15) is 9.59 Å². The number of anilines is 1. The Labute approximate surface area is 123 Å². The monoisotopic (exact) mass is 286 g/mol. The highest BCUT2D eigenvalue weighted by atomic mass is 16.5. The van der Waals surface area contributed by atoms with Crippen LogP contribution in [0.25, 0.3) is 0 Å². The van der Waals surface area contributed by atoms with Crippen LogP contribution in [0.4, 0.5) is 5.69 Å². The molecule has 2 amide bonds. The number of nitrogens with one attached hydrogen (secondary N) is 1. The standard InChI is InChI=1S/C16H18N2O3/c1-3-4-5-10-15(19)18-11-14(16(20)17-2)21-13-9-7-6-8-12(13)18/h3-10,14H,11H2,1-2H3,(H,17,20)/b4-3+,10-5+/t14-/m1/s1. The lowest BCUT2D eigenvalue weighted by molar-refractivity contribution is -0.127. The molecule has 1 aromatic rings. The predicted molar refractivity (Wildman–Crippen MR) is 81.2 cm³/mol. The minimum absolute atomic E-state index is 0.183. The van der Waals surface area contributed by atoms with E-state index in [1.165, 1.54) is 6.08 Å². The van der Waals surface area contributed by atoms with Crippen molar-refractivity contribution in [1.29, 1.82) is 0 Å². The first-order valence-electron chi connectivity index (χ1n) is 6.75. The van der Waals surface area contributed by atoms with E-state index < -0.39 is 6.10 Å². The third-order valence-corrected chi connectivity index (χ3v) is 3.12. The van der Waals surface area contributed by atoms with E-state index >= 15 is 0 Å². The van der Waals surface area contributed by atoms with Crippen LogP contribution in [0.5, 0.6) is 5.75 Å². The number of ether oxygens (including phenoxy) is 1. The fraction of sp³-hybridized carbons (Fsp3) is 0.250. The number of allylic oxidation sites excluding steroid dienone is 3. The summed E-state index contributed by atoms with van der Waals surface area (Å²) in [7, 11) is 1.55. The summed E-state index contributed by atoms with van der Waals surface area (Å²) in [4.78, 5) is 25.7. The van der Waals surface area contributed by atoms with Crippen LogP contribution in [0.15, 0.2) is 48.6 Å². The number of hydrogen-bond donors (Lipinski definition) is 1. The van der Waals surface area contributed by atoms with Crippen molar-refractivity contribution in [3.8, 4) is 5.75 Å². The molecule has 0 aromatic heterocycles. The Balaban J connectivity index is 2.30. The fourth-order valence-corrected chi connectivity index (χ4v) is 2.08. The summed E-state index contributed by atoms with van der Waals surface area (Å²) >= 11 is 0. The van der Waals surface area contributed by atoms with Gasteiger partial charge in [-0.3, -0.25) is 9.59 Å². The first-order valence-corrected chi connectivity index (χ1v) is 6.75. The molecule has 1 aromatic carbocycles. The van der Waals surface area contributed by atoms with E-state index in [1.54, 1.807) is 36.2 Å². The third-order valence-electron chi connectivity index (χ3n) is 3.12. The van der Waals surface area contributed by atoms with E-state index in [-0.39, 0.29) is 18.4 Å². The minimum Gasteiger partial charge on any atom is -0.477 e. The smallest absolute Gasteiger partial charge is 0.262 e. The molecule has 1 aliphatic heterocycles. The van der Waals surface area contributed by atoms with Crippen LogP contribution in [-0.4, -0.2) is 31.5 Å². The van der Waals surface area contributed by atoms with Gasteiger partial charge in [-0.25, -0.2) is 0 Å². The summed E-state index contributed by atoms with van der Waals surface area (Å²) in [5.74, 6) is 0.0997. The van der Waals surface area contributed by atoms with Gasteiger partial charge in [0.05, 0.1) is 12.2 Å². The summed E-state index contributed by atoms with van der Waals surface area (Å²) in [5.41, 5.74) is 0.674. The number of amides is 2. The fourth-order valence-electron chi connectivity index (χ4n) is 2.08. The van der Waals surface area contributed by atoms with E-state index in [2.05, 4.69) is 5.32 Å². The molecule has 2 rings (SSSR count). The van der Waals surface area contributed by atoms with Crippen molar-refractivity contribution in [2.45, 2.75) is 13.0 Å². The highest BCUT2D eigenvalue weighted by molar-refractivity contribution is 6.03. The lowest BCUT2D eigenvalue weighted by Crippen LogP contribution is -2.49. The first-order chi connectivity index (χ1) is 10.2. The zero-order chi connectivity index (χ0) is 15.2. The van der Waals surface area contributed by atoms with Crippen LogP contribution in [0, 0.1) is 0 Å². The van der Waals surface area contributed by atoms with Gasteiger partial charge in [0.25, 0.3) is 11.8 Å². The van der Waals surface area contributed by atoms with Crippen molar-refractivity contribution in [3.05, 3.63) is 48.6 Å². The Kier molecular flexibility index (Phi) is 4.77. The van der Waals surface area contributed by atoms with Gasteiger partial charge in [-0.15, -0.1) is 0 Å². The second-order valence-corrected chi connectivity index (χ2v) is 4.52. The molecule has 5 nitrogen and oxygen atoms in total. The average molecular weight is 286 g/mol. The molecule has 0 radical (unpaired) electrons. The Hall–Kier alpha value is -2.56. The summed E-state index contributed by atoms with van der Waals surface area (Å²) in [5, 5.41) is 2.55. The second-order valence-electron chi connectivity index (χ2n) is 4.52. The Bertz CT molecular complexity index is 593. The van der Waals surface area contributed by atoms with Crippen LogP contribution < -0.4 is 15.0 Å². The Morgan fingerprint density at radius 3 is 2.81 bits per heavy atom. The van der Waals surface area contributed by atoms with Crippen LogP contribution in [0.2, 0.25) is 0 Å². The normalized spacial score (nSPS) is 17.6. The van der Waals surface area contributed by atoms with Crippen LogP contribution in [0.1, 0.15) is 6.92 Å². The van der Waals surface area contributed by atoms with Gasteiger partial charge in [0.15, 0.2) is 6.10 Å². The number of nitrogens with zero attached hydrogens (tertiary/aromatic N) is 1. The van der Waals surface area contributed by atoms with Crippen LogP contribution >= 0.6 is 0 Å². The Morgan fingerprint density at radius 1 is 1.33 bits per heavy atom. The van der Waals surface area contributed by atoms with Crippen molar-refractivity contribution in [3.63, 3.8) is 0 Å². The molecule has 0 saturated carbocycles. The zero-order valence-corrected chi connectivity index (χ0v) is 12.1. The van der Waals surface area contributed by atoms with E-state index in [1.807, 2.05) is 25.1 Å². The van der Waals surface area contributed by atoms with E-state index in [4.69, 9.17) is 4.74 Å². The highest BCUT2D eigenvalue weighted by Crippen LogP contribution is 2.33. The maximum absolute atomic E-state index is 12.3. The van der Waals surface area contributed by atoms with Gasteiger partial charge in [0.1, 0.15) is 5.75 Å². The Morgan fingerprint density at radius 2 is 2.10 bits per heavy atom. The summed E-state index contributed by atoms with van der Waals surface area (Å²) in [6.45, 7) is 2.07. The molecule has 0 spiro atoms. The van der Waals surface area contributed by atoms with E-state index in [0.29, 0.717) is 11.4 Å². The number of rotatable bonds is 3. The topological polar surface area (TPSA) is 58.6 Å². The van der Waals surface area contributed by atoms with Gasteiger partial charge < -0.3 is 15.0 Å². The number of carbonyl (C=O) groups excluding carboxylic acids is 2. The molecular weight excluding hydrogens is 268 g/mol. The molecule has 21 heavy (non-hydrogen) atoms. The lowest BCUT2D eigenvalue weighted by atomic mass is 10.1. The van der Waals surface area contributed by atoms with Gasteiger partial charge in [-0.1, -0.05) is 30.4 Å². The first kappa shape index (κ1) is 14.8. The molecule has 0 bridgehead atoms. The lowest BCUT2D eigenvalue weighted by Gasteiger charge is -2.33. The number of carbonyl (C=O) groups is 2. The molecule has 5 heteroatoms. The highest BCUT2D eigenvalue weighted by Gasteiger charge is 2.32. The molecule has 0 aliphatic carbocycles. The van der Waals surface area contributed by atoms with Gasteiger partial charge in [0.2, 0.25) is 0 Å². The number of likely N-dealkylation sites (N-methyl/N-ethyl adjacent to an activating group) is 1. The molecule has 1 heterocycles. The number of benzene rings is 1. The predicted octanol–water partition coefficient (Wildman–Crippen LogP) is 1.66. The second kappa shape index (κ2) is 6.74. The summed E-state index contributed by atoms with van der Waals surface area (Å²) in [6.07, 6.45) is 6.06. The number of para-hydroxylation sites is 2. The van der Waals surface area contributed by atoms with Crippen molar-refractivity contribution in [2.75, 3.05) is 18.5 Å². The third kappa shape index (κ3) is 3.31. The van der Waals surface area contributed by atoms with Crippen molar-refractivity contribution in [2.24, 2.45) is 0 Å². The maximum Gasteiger partial charge on any atom is 0.262 e. The maximum atomic E-state index is 12.3. The molecule has 0 fully saturated rings. The van der Waals surface area contributed by atoms with Crippen molar-refractivity contribution in [1.82, 2.24) is 5.32 Å². The molecule has 110 valence electrons. The molecular formula is C16H18N2O3. The van der Waals surface area contributed by atoms with Gasteiger partial charge in [-0.2, -0.15) is 0 Å². The van der Waals surface area contributed by atoms with Gasteiger partial charge in [0, 0.05) is 13.1 Å². The molecule has 0 unspecified atom stereocenters. The van der Waals surface area contributed by atoms with Crippen LogP contribution in [-0.2, 0) is 9.59 Å². The van der Waals surface area contributed by atoms with Crippen molar-refractivity contribution < 1.29 is 14.3 Å². The van der Waals surface area contributed by atoms with Crippen molar-refractivity contribution >= 4 is 17.5 Å². The summed E-state index contributed by atoms with van der Waals surface area (Å²) in [6, 6.07) is 7.19. The quantitative estimate of drug-likeness (QED) is 0.679. The number of hydrogen-bond acceptors (Lipinski definition) is 3. The van der Waals surface area contributed by atoms with E-state index in [0.717, 1.165) is 0 Å². The molecule has 0 saturated heterocycles. The molecule has 1 N–H and O–H groups in total. The van der Waals surface area contributed by atoms with Gasteiger partial charge >= 0.3 is 0 Å². The molecule has 1 aliphatic rings. The average Bonchev–Trinajstić information content (AvgIpc) is 2.53. The van der Waals surface area contributed by atoms with Crippen LogP contribution in [0.3, 0.4) is 0 Å². The SMILES string of the molecule is C/C=C/C=C/C(=O)N1C[C@H](C(=O)NC)Oc2ccccc21. The molecule has 1 atom stereocenters. The van der Waals surface area contributed by atoms with Gasteiger partial charge in [-0.05, 0) is 19.1 Å². The largest absolute Gasteiger partial charge is 0.477 e.